The first-order valence-electron chi connectivity index (χ1n) is 10.8. The van der Waals surface area contributed by atoms with Crippen LogP contribution in [0.1, 0.15) is 72.2 Å². The zero-order chi connectivity index (χ0) is 20.7. The second kappa shape index (κ2) is 8.09. The SMILES string of the molecule is Cc1sc(NC(=O)[C@H]2C3CCC(CC3)[C@H]2C(=O)O)c(C(=O)NC2CCCC2)c1C. The van der Waals surface area contributed by atoms with Crippen molar-refractivity contribution in [3.63, 3.8) is 0 Å². The van der Waals surface area contributed by atoms with E-state index in [1.807, 2.05) is 13.8 Å². The summed E-state index contributed by atoms with van der Waals surface area (Å²) in [5, 5.41) is 16.4. The maximum atomic E-state index is 13.2. The Labute approximate surface area is 175 Å². The molecule has 29 heavy (non-hydrogen) atoms. The number of aryl methyl sites for hydroxylation is 1. The van der Waals surface area contributed by atoms with Crippen molar-refractivity contribution in [1.82, 2.24) is 5.32 Å². The fourth-order valence-electron chi connectivity index (χ4n) is 5.69. The molecule has 1 aromatic rings. The zero-order valence-corrected chi connectivity index (χ0v) is 17.9. The molecule has 0 radical (unpaired) electrons. The Morgan fingerprint density at radius 2 is 1.52 bits per heavy atom. The third-order valence-corrected chi connectivity index (χ3v) is 8.47. The molecule has 4 saturated carbocycles. The number of carbonyl (C=O) groups excluding carboxylic acids is 2. The first kappa shape index (κ1) is 20.4. The lowest BCUT2D eigenvalue weighted by molar-refractivity contribution is -0.156. The van der Waals surface area contributed by atoms with Crippen molar-refractivity contribution in [2.45, 2.75) is 71.3 Å². The molecule has 2 atom stereocenters. The molecule has 0 unspecified atom stereocenters. The summed E-state index contributed by atoms with van der Waals surface area (Å²) in [6, 6.07) is 0.205. The van der Waals surface area contributed by atoms with E-state index in [0.717, 1.165) is 61.8 Å². The number of anilines is 1. The van der Waals surface area contributed by atoms with Gasteiger partial charge in [0.25, 0.3) is 5.91 Å². The molecule has 1 aromatic heterocycles. The molecule has 5 rings (SSSR count). The molecule has 7 heteroatoms. The summed E-state index contributed by atoms with van der Waals surface area (Å²) >= 11 is 1.41. The molecule has 4 aliphatic carbocycles. The van der Waals surface area contributed by atoms with Gasteiger partial charge in [-0.3, -0.25) is 14.4 Å². The Morgan fingerprint density at radius 1 is 0.931 bits per heavy atom. The molecule has 4 fully saturated rings. The van der Waals surface area contributed by atoms with Crippen molar-refractivity contribution in [2.75, 3.05) is 5.32 Å². The molecule has 3 N–H and O–H groups in total. The van der Waals surface area contributed by atoms with E-state index in [0.29, 0.717) is 10.6 Å². The number of aliphatic carboxylic acids is 1. The monoisotopic (exact) mass is 418 g/mol. The van der Waals surface area contributed by atoms with Crippen LogP contribution in [0.4, 0.5) is 5.00 Å². The van der Waals surface area contributed by atoms with Gasteiger partial charge in [-0.2, -0.15) is 0 Å². The van der Waals surface area contributed by atoms with Crippen LogP contribution >= 0.6 is 11.3 Å². The van der Waals surface area contributed by atoms with Gasteiger partial charge in [-0.1, -0.05) is 12.8 Å². The summed E-state index contributed by atoms with van der Waals surface area (Å²) in [5.41, 5.74) is 1.43. The predicted octanol–water partition coefficient (Wildman–Crippen LogP) is 4.11. The van der Waals surface area contributed by atoms with Crippen LogP contribution in [0, 0.1) is 37.5 Å². The average molecular weight is 419 g/mol. The summed E-state index contributed by atoms with van der Waals surface area (Å²) in [6.07, 6.45) is 7.92. The number of thiophene rings is 1. The number of hydrogen-bond donors (Lipinski definition) is 3. The van der Waals surface area contributed by atoms with Crippen molar-refractivity contribution in [1.29, 1.82) is 0 Å². The van der Waals surface area contributed by atoms with E-state index >= 15 is 0 Å². The number of fused-ring (bicyclic) bond motifs is 3. The van der Waals surface area contributed by atoms with E-state index < -0.39 is 17.8 Å². The van der Waals surface area contributed by atoms with Gasteiger partial charge < -0.3 is 15.7 Å². The predicted molar refractivity (Wildman–Crippen MR) is 112 cm³/mol. The molecule has 0 aromatic carbocycles. The highest BCUT2D eigenvalue weighted by atomic mass is 32.1. The minimum atomic E-state index is -0.864. The number of carboxylic acid groups (broad SMARTS) is 1. The first-order chi connectivity index (χ1) is 13.9. The second-order valence-electron chi connectivity index (χ2n) is 9.00. The molecule has 2 bridgehead atoms. The lowest BCUT2D eigenvalue weighted by atomic mass is 9.58. The third-order valence-electron chi connectivity index (χ3n) is 7.35. The van der Waals surface area contributed by atoms with Crippen LogP contribution in [0.2, 0.25) is 0 Å². The van der Waals surface area contributed by atoms with Gasteiger partial charge in [-0.15, -0.1) is 11.3 Å². The molecule has 158 valence electrons. The number of carboxylic acids is 1. The summed E-state index contributed by atoms with van der Waals surface area (Å²) < 4.78 is 0. The number of rotatable bonds is 5. The average Bonchev–Trinajstić information content (AvgIpc) is 3.29. The quantitative estimate of drug-likeness (QED) is 0.670. The van der Waals surface area contributed by atoms with E-state index in [-0.39, 0.29) is 29.7 Å². The summed E-state index contributed by atoms with van der Waals surface area (Å²) in [4.78, 5) is 39.1. The summed E-state index contributed by atoms with van der Waals surface area (Å²) in [6.45, 7) is 3.86. The van der Waals surface area contributed by atoms with E-state index in [9.17, 15) is 19.5 Å². The van der Waals surface area contributed by atoms with Gasteiger partial charge in [0.05, 0.1) is 17.4 Å². The van der Waals surface area contributed by atoms with Crippen LogP contribution in [0.5, 0.6) is 0 Å². The minimum absolute atomic E-state index is 0.0881. The van der Waals surface area contributed by atoms with Crippen LogP contribution in [0.15, 0.2) is 0 Å². The van der Waals surface area contributed by atoms with Crippen LogP contribution in [-0.2, 0) is 9.59 Å². The summed E-state index contributed by atoms with van der Waals surface area (Å²) in [5.74, 6) is -2.13. The summed E-state index contributed by atoms with van der Waals surface area (Å²) in [7, 11) is 0. The highest BCUT2D eigenvalue weighted by molar-refractivity contribution is 7.16. The van der Waals surface area contributed by atoms with Gasteiger partial charge in [-0.25, -0.2) is 0 Å². The molecule has 0 aliphatic heterocycles. The highest BCUT2D eigenvalue weighted by Crippen LogP contribution is 2.49. The van der Waals surface area contributed by atoms with E-state index in [1.54, 1.807) is 0 Å². The van der Waals surface area contributed by atoms with Gasteiger partial charge in [0.15, 0.2) is 0 Å². The number of hydrogen-bond acceptors (Lipinski definition) is 4. The number of carbonyl (C=O) groups is 3. The number of amides is 2. The smallest absolute Gasteiger partial charge is 0.307 e. The fourth-order valence-corrected chi connectivity index (χ4v) is 6.75. The van der Waals surface area contributed by atoms with Gasteiger partial charge in [-0.05, 0) is 69.8 Å². The maximum absolute atomic E-state index is 13.2. The maximum Gasteiger partial charge on any atom is 0.307 e. The lowest BCUT2D eigenvalue weighted by Crippen LogP contribution is -2.49. The topological polar surface area (TPSA) is 95.5 Å². The molecular weight excluding hydrogens is 388 g/mol. The van der Waals surface area contributed by atoms with E-state index in [2.05, 4.69) is 10.6 Å². The lowest BCUT2D eigenvalue weighted by Gasteiger charge is -2.45. The molecular formula is C22H30N2O4S. The molecule has 0 spiro atoms. The Balaban J connectivity index is 1.56. The molecule has 2 amide bonds. The highest BCUT2D eigenvalue weighted by Gasteiger charge is 2.50. The molecule has 0 saturated heterocycles. The van der Waals surface area contributed by atoms with E-state index in [4.69, 9.17) is 0 Å². The van der Waals surface area contributed by atoms with Crippen LogP contribution in [0.25, 0.3) is 0 Å². The fraction of sp³-hybridized carbons (Fsp3) is 0.682. The Morgan fingerprint density at radius 3 is 2.10 bits per heavy atom. The molecule has 1 heterocycles. The van der Waals surface area contributed by atoms with Crippen molar-refractivity contribution >= 4 is 34.1 Å². The number of nitrogens with one attached hydrogen (secondary N) is 2. The van der Waals surface area contributed by atoms with Crippen molar-refractivity contribution < 1.29 is 19.5 Å². The van der Waals surface area contributed by atoms with Crippen molar-refractivity contribution in [3.8, 4) is 0 Å². The largest absolute Gasteiger partial charge is 0.481 e. The Bertz CT molecular complexity index is 819. The van der Waals surface area contributed by atoms with Gasteiger partial charge >= 0.3 is 5.97 Å². The van der Waals surface area contributed by atoms with E-state index in [1.165, 1.54) is 11.3 Å². The molecule has 4 aliphatic rings. The standard InChI is InChI=1S/C22H30N2O4S/c1-11-12(2)29-21(16(11)19(25)23-15-5-3-4-6-15)24-20(26)17-13-7-9-14(10-8-13)18(17)22(27)28/h13-15,17-18H,3-10H2,1-2H3,(H,23,25)(H,24,26)(H,27,28)/t13?,14?,17-,18+/m0/s1. The first-order valence-corrected chi connectivity index (χ1v) is 11.6. The van der Waals surface area contributed by atoms with Gasteiger partial charge in [0.2, 0.25) is 5.91 Å². The third kappa shape index (κ3) is 3.81. The zero-order valence-electron chi connectivity index (χ0n) is 17.1. The van der Waals surface area contributed by atoms with Crippen LogP contribution in [-0.4, -0.2) is 28.9 Å². The van der Waals surface area contributed by atoms with Crippen molar-refractivity contribution in [2.24, 2.45) is 23.7 Å². The van der Waals surface area contributed by atoms with Crippen LogP contribution < -0.4 is 10.6 Å². The Kier molecular flexibility index (Phi) is 5.69. The minimum Gasteiger partial charge on any atom is -0.481 e. The Hall–Kier alpha value is -1.89. The van der Waals surface area contributed by atoms with Gasteiger partial charge in [0.1, 0.15) is 5.00 Å². The van der Waals surface area contributed by atoms with Crippen molar-refractivity contribution in [3.05, 3.63) is 16.0 Å². The molecule has 6 nitrogen and oxygen atoms in total. The van der Waals surface area contributed by atoms with Gasteiger partial charge in [0, 0.05) is 10.9 Å². The van der Waals surface area contributed by atoms with Crippen LogP contribution in [0.3, 0.4) is 0 Å². The second-order valence-corrected chi connectivity index (χ2v) is 10.2. The normalized spacial score (nSPS) is 29.0.